The topological polar surface area (TPSA) is 21.6 Å². The van der Waals surface area contributed by atoms with E-state index in [0.717, 1.165) is 12.3 Å². The molecule has 0 N–H and O–H groups in total. The zero-order valence-corrected chi connectivity index (χ0v) is 6.64. The van der Waals surface area contributed by atoms with Gasteiger partial charge in [-0.25, -0.2) is 0 Å². The Morgan fingerprint density at radius 3 is 2.33 bits per heavy atom. The largest absolute Gasteiger partial charge is 0.484 e. The van der Waals surface area contributed by atoms with Gasteiger partial charge in [0.2, 0.25) is 0 Å². The number of methoxy groups -OCH3 is 1. The lowest BCUT2D eigenvalue weighted by molar-refractivity contribution is 0.367. The van der Waals surface area contributed by atoms with Crippen molar-refractivity contribution in [1.82, 2.24) is 0 Å². The predicted octanol–water partition coefficient (Wildman–Crippen LogP) is 1.71. The molecule has 0 aromatic carbocycles. The average molecular weight is 129 g/mol. The van der Waals surface area contributed by atoms with Crippen molar-refractivity contribution < 1.29 is 4.74 Å². The molecule has 1 unspecified atom stereocenters. The van der Waals surface area contributed by atoms with Gasteiger partial charge >= 0.3 is 0 Å². The highest BCUT2D eigenvalue weighted by Gasteiger charge is 2.05. The molecule has 2 nitrogen and oxygen atoms in total. The summed E-state index contributed by atoms with van der Waals surface area (Å²) >= 11 is 0. The number of rotatable bonds is 2. The number of hydrogen-bond donors (Lipinski definition) is 0. The van der Waals surface area contributed by atoms with E-state index < -0.39 is 0 Å². The fourth-order valence-electron chi connectivity index (χ4n) is 0.687. The van der Waals surface area contributed by atoms with Crippen molar-refractivity contribution in [3.63, 3.8) is 0 Å². The Morgan fingerprint density at radius 1 is 1.67 bits per heavy atom. The van der Waals surface area contributed by atoms with Crippen LogP contribution in [0.2, 0.25) is 0 Å². The molecular weight excluding hydrogens is 114 g/mol. The van der Waals surface area contributed by atoms with Crippen molar-refractivity contribution in [2.24, 2.45) is 10.9 Å². The first-order valence-electron chi connectivity index (χ1n) is 3.26. The molecule has 0 saturated heterocycles. The van der Waals surface area contributed by atoms with E-state index in [0.29, 0.717) is 5.92 Å². The van der Waals surface area contributed by atoms with Gasteiger partial charge in [-0.15, -0.1) is 0 Å². The summed E-state index contributed by atoms with van der Waals surface area (Å²) < 4.78 is 5.00. The van der Waals surface area contributed by atoms with Crippen LogP contribution >= 0.6 is 0 Å². The molecule has 0 heterocycles. The van der Waals surface area contributed by atoms with Crippen molar-refractivity contribution in [2.45, 2.75) is 20.3 Å². The first-order valence-corrected chi connectivity index (χ1v) is 3.26. The van der Waals surface area contributed by atoms with Gasteiger partial charge in [-0.1, -0.05) is 13.8 Å². The second kappa shape index (κ2) is 4.36. The molecule has 1 atom stereocenters. The van der Waals surface area contributed by atoms with Crippen molar-refractivity contribution in [1.29, 1.82) is 0 Å². The average Bonchev–Trinajstić information content (AvgIpc) is 1.90. The minimum absolute atomic E-state index is 0.458. The molecule has 0 aromatic rings. The smallest absolute Gasteiger partial charge is 0.185 e. The number of hydrogen-bond acceptors (Lipinski definition) is 2. The maximum Gasteiger partial charge on any atom is 0.185 e. The third-order valence-corrected chi connectivity index (χ3v) is 1.46. The lowest BCUT2D eigenvalue weighted by Crippen LogP contribution is -2.11. The summed E-state index contributed by atoms with van der Waals surface area (Å²) in [6, 6.07) is 0. The van der Waals surface area contributed by atoms with E-state index in [2.05, 4.69) is 18.8 Å². The van der Waals surface area contributed by atoms with Gasteiger partial charge in [0.15, 0.2) is 5.90 Å². The van der Waals surface area contributed by atoms with Crippen LogP contribution in [-0.2, 0) is 4.74 Å². The highest BCUT2D eigenvalue weighted by molar-refractivity contribution is 5.77. The van der Waals surface area contributed by atoms with Crippen LogP contribution in [0.1, 0.15) is 20.3 Å². The molecule has 0 rings (SSSR count). The second-order valence-corrected chi connectivity index (χ2v) is 2.08. The van der Waals surface area contributed by atoms with Crippen LogP contribution in [0.25, 0.3) is 0 Å². The molecule has 9 heavy (non-hydrogen) atoms. The molecule has 0 saturated carbocycles. The molecule has 0 aromatic heterocycles. The zero-order chi connectivity index (χ0) is 7.28. The molecule has 2 heteroatoms. The molecule has 54 valence electrons. The van der Waals surface area contributed by atoms with Crippen LogP contribution < -0.4 is 0 Å². The van der Waals surface area contributed by atoms with Crippen LogP contribution in [0.3, 0.4) is 0 Å². The molecule has 0 bridgehead atoms. The molecule has 0 aliphatic rings. The first-order chi connectivity index (χ1) is 4.26. The van der Waals surface area contributed by atoms with E-state index in [1.54, 1.807) is 14.2 Å². The molecule has 0 fully saturated rings. The first kappa shape index (κ1) is 8.47. The Hall–Kier alpha value is -0.530. The van der Waals surface area contributed by atoms with E-state index in [1.807, 2.05) is 0 Å². The molecule has 0 aliphatic heterocycles. The SMILES string of the molecule is CCC(C)C(=NC)OC. The lowest BCUT2D eigenvalue weighted by Gasteiger charge is -2.08. The van der Waals surface area contributed by atoms with Gasteiger partial charge in [0, 0.05) is 13.0 Å². The van der Waals surface area contributed by atoms with E-state index in [4.69, 9.17) is 4.74 Å². The summed E-state index contributed by atoms with van der Waals surface area (Å²) in [4.78, 5) is 3.97. The Balaban J connectivity index is 3.80. The second-order valence-electron chi connectivity index (χ2n) is 2.08. The van der Waals surface area contributed by atoms with Crippen LogP contribution in [-0.4, -0.2) is 20.1 Å². The highest BCUT2D eigenvalue weighted by Crippen LogP contribution is 2.03. The van der Waals surface area contributed by atoms with E-state index >= 15 is 0 Å². The summed E-state index contributed by atoms with van der Waals surface area (Å²) in [7, 11) is 3.42. The maximum atomic E-state index is 5.00. The van der Waals surface area contributed by atoms with Crippen molar-refractivity contribution >= 4 is 5.90 Å². The lowest BCUT2D eigenvalue weighted by atomic mass is 10.1. The van der Waals surface area contributed by atoms with Crippen LogP contribution in [0.15, 0.2) is 4.99 Å². The number of nitrogens with zero attached hydrogens (tertiary/aromatic N) is 1. The summed E-state index contributed by atoms with van der Waals surface area (Å²) in [6.45, 7) is 4.22. The van der Waals surface area contributed by atoms with Crippen LogP contribution in [0.5, 0.6) is 0 Å². The number of aliphatic imine (C=N–C) groups is 1. The van der Waals surface area contributed by atoms with E-state index in [1.165, 1.54) is 0 Å². The van der Waals surface area contributed by atoms with Gasteiger partial charge in [-0.3, -0.25) is 4.99 Å². The minimum Gasteiger partial charge on any atom is -0.484 e. The van der Waals surface area contributed by atoms with Crippen molar-refractivity contribution in [3.05, 3.63) is 0 Å². The third kappa shape index (κ3) is 2.49. The Kier molecular flexibility index (Phi) is 4.10. The van der Waals surface area contributed by atoms with Gasteiger partial charge in [0.05, 0.1) is 7.11 Å². The monoisotopic (exact) mass is 129 g/mol. The van der Waals surface area contributed by atoms with E-state index in [9.17, 15) is 0 Å². The summed E-state index contributed by atoms with van der Waals surface area (Å²) in [5.41, 5.74) is 0. The maximum absolute atomic E-state index is 5.00. The Bertz CT molecular complexity index is 99.1. The van der Waals surface area contributed by atoms with Gasteiger partial charge in [0.25, 0.3) is 0 Å². The molecule has 0 amide bonds. The minimum atomic E-state index is 0.458. The van der Waals surface area contributed by atoms with Gasteiger partial charge in [-0.2, -0.15) is 0 Å². The molecule has 0 radical (unpaired) electrons. The molecular formula is C7H15NO. The normalized spacial score (nSPS) is 15.3. The fraction of sp³-hybridized carbons (Fsp3) is 0.857. The third-order valence-electron chi connectivity index (χ3n) is 1.46. The van der Waals surface area contributed by atoms with Gasteiger partial charge in [0.1, 0.15) is 0 Å². The van der Waals surface area contributed by atoms with Crippen molar-refractivity contribution in [3.8, 4) is 0 Å². The Morgan fingerprint density at radius 2 is 2.22 bits per heavy atom. The van der Waals surface area contributed by atoms with Crippen molar-refractivity contribution in [2.75, 3.05) is 14.2 Å². The Labute approximate surface area is 56.9 Å². The quantitative estimate of drug-likeness (QED) is 0.411. The molecule has 0 spiro atoms. The summed E-state index contributed by atoms with van der Waals surface area (Å²) in [5, 5.41) is 0. The van der Waals surface area contributed by atoms with E-state index in [-0.39, 0.29) is 0 Å². The zero-order valence-electron chi connectivity index (χ0n) is 6.64. The highest BCUT2D eigenvalue weighted by atomic mass is 16.5. The van der Waals surface area contributed by atoms with Gasteiger partial charge in [-0.05, 0) is 6.42 Å². The van der Waals surface area contributed by atoms with Crippen LogP contribution in [0.4, 0.5) is 0 Å². The number of ether oxygens (including phenoxy) is 1. The van der Waals surface area contributed by atoms with Gasteiger partial charge < -0.3 is 4.74 Å². The predicted molar refractivity (Wildman–Crippen MR) is 39.8 cm³/mol. The van der Waals surface area contributed by atoms with Crippen LogP contribution in [0, 0.1) is 5.92 Å². The standard InChI is InChI=1S/C7H15NO/c1-5-6(2)7(8-3)9-4/h6H,5H2,1-4H3. The summed E-state index contributed by atoms with van der Waals surface area (Å²) in [6.07, 6.45) is 1.08. The molecule has 0 aliphatic carbocycles. The summed E-state index contributed by atoms with van der Waals surface area (Å²) in [5.74, 6) is 1.30. The fourth-order valence-corrected chi connectivity index (χ4v) is 0.687.